The molecule has 0 spiro atoms. The third-order valence-corrected chi connectivity index (χ3v) is 1.48. The van der Waals surface area contributed by atoms with Gasteiger partial charge in [0.1, 0.15) is 6.21 Å². The molecule has 0 saturated carbocycles. The van der Waals surface area contributed by atoms with Gasteiger partial charge < -0.3 is 10.5 Å². The second-order valence-electron chi connectivity index (χ2n) is 2.61. The molecule has 0 aliphatic carbocycles. The Kier molecular flexibility index (Phi) is 3.67. The molecule has 0 heterocycles. The van der Waals surface area contributed by atoms with Crippen molar-refractivity contribution in [2.24, 2.45) is 4.99 Å². The van der Waals surface area contributed by atoms with Crippen LogP contribution in [0.1, 0.15) is 6.92 Å². The van der Waals surface area contributed by atoms with E-state index in [1.807, 2.05) is 0 Å². The predicted molar refractivity (Wildman–Crippen MR) is 55.6 cm³/mol. The van der Waals surface area contributed by atoms with Crippen LogP contribution >= 0.6 is 0 Å². The van der Waals surface area contributed by atoms with Gasteiger partial charge in [0.05, 0.1) is 12.3 Å². The topological polar surface area (TPSA) is 64.7 Å². The standard InChI is InChI=1S/C10H12N2O2/c1-2-14-10(13)7-12-9-5-3-4-8(11)6-9/h3-7H,2,11H2,1H3/b12-7+. The van der Waals surface area contributed by atoms with Crippen LogP contribution < -0.4 is 5.73 Å². The van der Waals surface area contributed by atoms with Gasteiger partial charge in [0, 0.05) is 5.69 Å². The lowest BCUT2D eigenvalue weighted by Crippen LogP contribution is -2.04. The maximum Gasteiger partial charge on any atom is 0.349 e. The lowest BCUT2D eigenvalue weighted by molar-refractivity contribution is -0.134. The molecule has 1 rings (SSSR count). The number of esters is 1. The fourth-order valence-electron chi connectivity index (χ4n) is 0.912. The van der Waals surface area contributed by atoms with E-state index in [-0.39, 0.29) is 0 Å². The van der Waals surface area contributed by atoms with Crippen molar-refractivity contribution in [2.45, 2.75) is 6.92 Å². The minimum Gasteiger partial charge on any atom is -0.462 e. The summed E-state index contributed by atoms with van der Waals surface area (Å²) >= 11 is 0. The smallest absolute Gasteiger partial charge is 0.349 e. The molecule has 0 saturated heterocycles. The fourth-order valence-corrected chi connectivity index (χ4v) is 0.912. The van der Waals surface area contributed by atoms with E-state index in [1.165, 1.54) is 0 Å². The van der Waals surface area contributed by atoms with Gasteiger partial charge in [-0.1, -0.05) is 6.07 Å². The third-order valence-electron chi connectivity index (χ3n) is 1.48. The van der Waals surface area contributed by atoms with Crippen LogP contribution in [0.2, 0.25) is 0 Å². The Morgan fingerprint density at radius 2 is 2.43 bits per heavy atom. The van der Waals surface area contributed by atoms with E-state index >= 15 is 0 Å². The SMILES string of the molecule is CCOC(=O)/C=N/c1cccc(N)c1. The summed E-state index contributed by atoms with van der Waals surface area (Å²) in [6.07, 6.45) is 1.14. The maximum absolute atomic E-state index is 10.9. The fraction of sp³-hybridized carbons (Fsp3) is 0.200. The molecule has 0 unspecified atom stereocenters. The molecule has 0 bridgehead atoms. The van der Waals surface area contributed by atoms with E-state index in [0.29, 0.717) is 18.0 Å². The Bertz CT molecular complexity index is 348. The summed E-state index contributed by atoms with van der Waals surface area (Å²) in [6, 6.07) is 6.96. The summed E-state index contributed by atoms with van der Waals surface area (Å²) in [4.78, 5) is 14.8. The molecule has 1 aromatic carbocycles. The number of nitrogens with two attached hydrogens (primary N) is 1. The lowest BCUT2D eigenvalue weighted by atomic mass is 10.3. The number of aliphatic imine (C=N–C) groups is 1. The average molecular weight is 192 g/mol. The van der Waals surface area contributed by atoms with E-state index < -0.39 is 5.97 Å². The van der Waals surface area contributed by atoms with Crippen molar-refractivity contribution < 1.29 is 9.53 Å². The zero-order chi connectivity index (χ0) is 10.4. The molecule has 14 heavy (non-hydrogen) atoms. The number of carbonyl (C=O) groups excluding carboxylic acids is 1. The second kappa shape index (κ2) is 5.01. The highest BCUT2D eigenvalue weighted by atomic mass is 16.5. The molecular weight excluding hydrogens is 180 g/mol. The summed E-state index contributed by atoms with van der Waals surface area (Å²) in [7, 11) is 0. The van der Waals surface area contributed by atoms with Gasteiger partial charge in [-0.2, -0.15) is 0 Å². The van der Waals surface area contributed by atoms with E-state index in [1.54, 1.807) is 31.2 Å². The van der Waals surface area contributed by atoms with Gasteiger partial charge in [-0.25, -0.2) is 9.79 Å². The second-order valence-corrected chi connectivity index (χ2v) is 2.61. The number of nitrogens with zero attached hydrogens (tertiary/aromatic N) is 1. The molecule has 4 nitrogen and oxygen atoms in total. The minimum atomic E-state index is -0.449. The largest absolute Gasteiger partial charge is 0.462 e. The molecule has 0 radical (unpaired) electrons. The van der Waals surface area contributed by atoms with Crippen LogP contribution in [0.3, 0.4) is 0 Å². The van der Waals surface area contributed by atoms with Crippen molar-refractivity contribution in [1.82, 2.24) is 0 Å². The van der Waals surface area contributed by atoms with Gasteiger partial charge in [-0.15, -0.1) is 0 Å². The van der Waals surface area contributed by atoms with E-state index in [4.69, 9.17) is 5.73 Å². The first-order chi connectivity index (χ1) is 6.72. The number of anilines is 1. The van der Waals surface area contributed by atoms with Crippen LogP contribution in [0.4, 0.5) is 11.4 Å². The Morgan fingerprint density at radius 1 is 1.64 bits per heavy atom. The number of nitrogen functional groups attached to an aromatic ring is 1. The van der Waals surface area contributed by atoms with Crippen LogP contribution in [-0.2, 0) is 9.53 Å². The number of ether oxygens (including phenoxy) is 1. The Labute approximate surface area is 82.4 Å². The Morgan fingerprint density at radius 3 is 3.07 bits per heavy atom. The molecule has 0 aromatic heterocycles. The molecule has 0 atom stereocenters. The quantitative estimate of drug-likeness (QED) is 0.448. The van der Waals surface area contributed by atoms with E-state index in [0.717, 1.165) is 6.21 Å². The molecule has 2 N–H and O–H groups in total. The summed E-state index contributed by atoms with van der Waals surface area (Å²) in [5, 5.41) is 0. The molecule has 0 amide bonds. The predicted octanol–water partition coefficient (Wildman–Crippen LogP) is 1.53. The lowest BCUT2D eigenvalue weighted by Gasteiger charge is -1.96. The third kappa shape index (κ3) is 3.26. The molecule has 0 fully saturated rings. The zero-order valence-corrected chi connectivity index (χ0v) is 7.93. The van der Waals surface area contributed by atoms with Crippen molar-refractivity contribution in [3.8, 4) is 0 Å². The van der Waals surface area contributed by atoms with Crippen LogP contribution in [0, 0.1) is 0 Å². The highest BCUT2D eigenvalue weighted by molar-refractivity contribution is 6.23. The van der Waals surface area contributed by atoms with Crippen molar-refractivity contribution >= 4 is 23.6 Å². The first-order valence-corrected chi connectivity index (χ1v) is 4.28. The normalized spacial score (nSPS) is 10.4. The minimum absolute atomic E-state index is 0.349. The van der Waals surface area contributed by atoms with Crippen molar-refractivity contribution in [3.63, 3.8) is 0 Å². The van der Waals surface area contributed by atoms with Gasteiger partial charge >= 0.3 is 5.97 Å². The summed E-state index contributed by atoms with van der Waals surface area (Å²) in [6.45, 7) is 2.09. The van der Waals surface area contributed by atoms with Gasteiger partial charge in [0.2, 0.25) is 0 Å². The van der Waals surface area contributed by atoms with Crippen molar-refractivity contribution in [2.75, 3.05) is 12.3 Å². The summed E-state index contributed by atoms with van der Waals surface area (Å²) in [5.74, 6) is -0.449. The van der Waals surface area contributed by atoms with Crippen molar-refractivity contribution in [1.29, 1.82) is 0 Å². The van der Waals surface area contributed by atoms with Crippen molar-refractivity contribution in [3.05, 3.63) is 24.3 Å². The molecule has 0 aliphatic rings. The monoisotopic (exact) mass is 192 g/mol. The molecule has 1 aromatic rings. The van der Waals surface area contributed by atoms with E-state index in [2.05, 4.69) is 9.73 Å². The highest BCUT2D eigenvalue weighted by Gasteiger charge is 1.95. The Balaban J connectivity index is 2.64. The number of rotatable bonds is 3. The zero-order valence-electron chi connectivity index (χ0n) is 7.93. The molecule has 0 aliphatic heterocycles. The Hall–Kier alpha value is -1.84. The highest BCUT2D eigenvalue weighted by Crippen LogP contribution is 2.14. The summed E-state index contributed by atoms with van der Waals surface area (Å²) in [5.41, 5.74) is 6.79. The number of hydrogen-bond acceptors (Lipinski definition) is 4. The molecular formula is C10H12N2O2. The van der Waals surface area contributed by atoms with Gasteiger partial charge in [-0.05, 0) is 25.1 Å². The first kappa shape index (κ1) is 10.2. The summed E-state index contributed by atoms with van der Waals surface area (Å²) < 4.78 is 4.67. The van der Waals surface area contributed by atoms with Gasteiger partial charge in [0.25, 0.3) is 0 Å². The number of hydrogen-bond donors (Lipinski definition) is 1. The van der Waals surface area contributed by atoms with Crippen LogP contribution in [-0.4, -0.2) is 18.8 Å². The van der Waals surface area contributed by atoms with Crippen LogP contribution in [0.25, 0.3) is 0 Å². The van der Waals surface area contributed by atoms with E-state index in [9.17, 15) is 4.79 Å². The number of benzene rings is 1. The van der Waals surface area contributed by atoms with Gasteiger partial charge in [-0.3, -0.25) is 0 Å². The van der Waals surface area contributed by atoms with Crippen LogP contribution in [0.15, 0.2) is 29.3 Å². The maximum atomic E-state index is 10.9. The average Bonchev–Trinajstić information content (AvgIpc) is 2.15. The van der Waals surface area contributed by atoms with Gasteiger partial charge in [0.15, 0.2) is 0 Å². The van der Waals surface area contributed by atoms with Crippen LogP contribution in [0.5, 0.6) is 0 Å². The molecule has 4 heteroatoms. The molecule has 74 valence electrons. The number of carbonyl (C=O) groups is 1. The first-order valence-electron chi connectivity index (χ1n) is 4.28.